The molecular formula is C15H24ClN3O4S. The van der Waals surface area contributed by atoms with Gasteiger partial charge in [0.1, 0.15) is 0 Å². The van der Waals surface area contributed by atoms with Crippen molar-refractivity contribution in [3.8, 4) is 0 Å². The molecule has 1 amide bonds. The number of carbonyl (C=O) groups excluding carboxylic acids is 1. The summed E-state index contributed by atoms with van der Waals surface area (Å²) in [6.45, 7) is 1.69. The summed E-state index contributed by atoms with van der Waals surface area (Å²) in [5.41, 5.74) is 0.742. The van der Waals surface area contributed by atoms with Crippen LogP contribution in [0.1, 0.15) is 18.4 Å². The van der Waals surface area contributed by atoms with Gasteiger partial charge < -0.3 is 15.4 Å². The minimum atomic E-state index is -3.56. The van der Waals surface area contributed by atoms with E-state index < -0.39 is 10.0 Å². The van der Waals surface area contributed by atoms with Crippen LogP contribution in [0.3, 0.4) is 0 Å². The van der Waals surface area contributed by atoms with Gasteiger partial charge in [0.15, 0.2) is 0 Å². The topological polar surface area (TPSA) is 96.5 Å². The Bertz CT molecular complexity index is 633. The molecule has 0 aliphatic carbocycles. The highest BCUT2D eigenvalue weighted by atomic mass is 35.5. The normalized spacial score (nSPS) is 17.3. The molecule has 3 N–H and O–H groups in total. The van der Waals surface area contributed by atoms with Gasteiger partial charge in [0.2, 0.25) is 15.9 Å². The van der Waals surface area contributed by atoms with Crippen LogP contribution in [0.15, 0.2) is 29.2 Å². The van der Waals surface area contributed by atoms with Crippen LogP contribution in [0.25, 0.3) is 0 Å². The summed E-state index contributed by atoms with van der Waals surface area (Å²) in [7, 11) is -2.05. The van der Waals surface area contributed by atoms with E-state index in [0.29, 0.717) is 13.2 Å². The third-order valence-corrected chi connectivity index (χ3v) is 5.11. The van der Waals surface area contributed by atoms with Gasteiger partial charge in [-0.05, 0) is 37.1 Å². The van der Waals surface area contributed by atoms with Gasteiger partial charge in [-0.25, -0.2) is 13.1 Å². The fourth-order valence-electron chi connectivity index (χ4n) is 2.40. The van der Waals surface area contributed by atoms with Gasteiger partial charge in [-0.2, -0.15) is 0 Å². The minimum Gasteiger partial charge on any atom is -0.383 e. The van der Waals surface area contributed by atoms with E-state index in [2.05, 4.69) is 15.4 Å². The molecular weight excluding hydrogens is 354 g/mol. The van der Waals surface area contributed by atoms with Crippen molar-refractivity contribution in [1.29, 1.82) is 0 Å². The number of benzene rings is 1. The molecule has 1 aromatic rings. The van der Waals surface area contributed by atoms with E-state index in [-0.39, 0.29) is 35.8 Å². The Hall–Kier alpha value is -1.19. The van der Waals surface area contributed by atoms with Crippen LogP contribution in [-0.4, -0.2) is 47.2 Å². The molecule has 0 aromatic heterocycles. The van der Waals surface area contributed by atoms with Crippen molar-refractivity contribution in [3.05, 3.63) is 29.8 Å². The lowest BCUT2D eigenvalue weighted by Crippen LogP contribution is -2.40. The van der Waals surface area contributed by atoms with Gasteiger partial charge in [0.25, 0.3) is 0 Å². The number of ether oxygens (including phenoxy) is 1. The predicted molar refractivity (Wildman–Crippen MR) is 93.6 cm³/mol. The maximum Gasteiger partial charge on any atom is 0.240 e. The lowest BCUT2D eigenvalue weighted by molar-refractivity contribution is -0.122. The number of amides is 1. The van der Waals surface area contributed by atoms with Crippen molar-refractivity contribution in [2.24, 2.45) is 0 Å². The molecule has 2 rings (SSSR count). The second-order valence-corrected chi connectivity index (χ2v) is 7.17. The van der Waals surface area contributed by atoms with Crippen LogP contribution in [0.2, 0.25) is 0 Å². The average Bonchev–Trinajstić information content (AvgIpc) is 3.07. The van der Waals surface area contributed by atoms with Gasteiger partial charge in [-0.15, -0.1) is 12.4 Å². The van der Waals surface area contributed by atoms with Crippen molar-refractivity contribution in [3.63, 3.8) is 0 Å². The zero-order valence-corrected chi connectivity index (χ0v) is 15.2. The van der Waals surface area contributed by atoms with Crippen molar-refractivity contribution in [1.82, 2.24) is 15.4 Å². The highest BCUT2D eigenvalue weighted by molar-refractivity contribution is 7.89. The first kappa shape index (κ1) is 20.9. The molecule has 1 saturated heterocycles. The smallest absolute Gasteiger partial charge is 0.240 e. The van der Waals surface area contributed by atoms with Crippen LogP contribution in [0.5, 0.6) is 0 Å². The first-order chi connectivity index (χ1) is 11.0. The lowest BCUT2D eigenvalue weighted by Gasteiger charge is -2.12. The molecule has 1 unspecified atom stereocenters. The van der Waals surface area contributed by atoms with Gasteiger partial charge in [0, 0.05) is 20.2 Å². The molecule has 1 aliphatic rings. The summed E-state index contributed by atoms with van der Waals surface area (Å²) >= 11 is 0. The zero-order valence-electron chi connectivity index (χ0n) is 13.6. The van der Waals surface area contributed by atoms with Crippen molar-refractivity contribution >= 4 is 28.3 Å². The second-order valence-electron chi connectivity index (χ2n) is 5.40. The van der Waals surface area contributed by atoms with Crippen LogP contribution >= 0.6 is 12.4 Å². The molecule has 1 aromatic carbocycles. The monoisotopic (exact) mass is 377 g/mol. The first-order valence-corrected chi connectivity index (χ1v) is 9.10. The molecule has 1 fully saturated rings. The minimum absolute atomic E-state index is 0. The van der Waals surface area contributed by atoms with Crippen LogP contribution in [0.4, 0.5) is 0 Å². The Morgan fingerprint density at radius 1 is 1.42 bits per heavy atom. The molecule has 1 atom stereocenters. The molecule has 0 radical (unpaired) electrons. The Morgan fingerprint density at radius 2 is 2.21 bits per heavy atom. The molecule has 1 heterocycles. The van der Waals surface area contributed by atoms with Gasteiger partial charge >= 0.3 is 0 Å². The molecule has 0 saturated carbocycles. The fraction of sp³-hybridized carbons (Fsp3) is 0.533. The number of halogens is 1. The number of methoxy groups -OCH3 is 1. The Kier molecular flexibility index (Phi) is 8.65. The van der Waals surface area contributed by atoms with Crippen LogP contribution in [0, 0.1) is 0 Å². The molecule has 7 nitrogen and oxygen atoms in total. The quantitative estimate of drug-likeness (QED) is 0.570. The molecule has 0 bridgehead atoms. The second kappa shape index (κ2) is 9.95. The number of nitrogens with one attached hydrogen (secondary N) is 3. The summed E-state index contributed by atoms with van der Waals surface area (Å²) in [4.78, 5) is 12.1. The molecule has 24 heavy (non-hydrogen) atoms. The number of hydrogen-bond donors (Lipinski definition) is 3. The van der Waals surface area contributed by atoms with Gasteiger partial charge in [-0.1, -0.05) is 12.1 Å². The van der Waals surface area contributed by atoms with E-state index in [1.54, 1.807) is 18.2 Å². The zero-order chi connectivity index (χ0) is 16.7. The average molecular weight is 378 g/mol. The molecule has 9 heteroatoms. The number of carbonyl (C=O) groups is 1. The van der Waals surface area contributed by atoms with Gasteiger partial charge in [0.05, 0.1) is 17.5 Å². The van der Waals surface area contributed by atoms with E-state index in [9.17, 15) is 13.2 Å². The van der Waals surface area contributed by atoms with Crippen LogP contribution in [-0.2, 0) is 26.1 Å². The Labute approximate surface area is 149 Å². The standard InChI is InChI=1S/C15H23N3O4S.ClH/c1-22-9-8-18-23(20,21)13-5-2-4-12(10-13)11-17-15(19)14-6-3-7-16-14;/h2,4-5,10,14,16,18H,3,6-9,11H2,1H3,(H,17,19);1H. The summed E-state index contributed by atoms with van der Waals surface area (Å²) in [5.74, 6) is -0.0472. The third kappa shape index (κ3) is 6.03. The van der Waals surface area contributed by atoms with E-state index in [4.69, 9.17) is 4.74 Å². The largest absolute Gasteiger partial charge is 0.383 e. The maximum atomic E-state index is 12.1. The number of hydrogen-bond acceptors (Lipinski definition) is 5. The summed E-state index contributed by atoms with van der Waals surface area (Å²) in [5, 5.41) is 5.96. The first-order valence-electron chi connectivity index (χ1n) is 7.61. The van der Waals surface area contributed by atoms with E-state index in [1.165, 1.54) is 13.2 Å². The summed E-state index contributed by atoms with van der Waals surface area (Å²) in [6, 6.07) is 6.41. The van der Waals surface area contributed by atoms with E-state index in [0.717, 1.165) is 24.9 Å². The Balaban J connectivity index is 0.00000288. The maximum absolute atomic E-state index is 12.1. The van der Waals surface area contributed by atoms with Crippen molar-refractivity contribution in [2.45, 2.75) is 30.3 Å². The van der Waals surface area contributed by atoms with E-state index >= 15 is 0 Å². The van der Waals surface area contributed by atoms with Crippen molar-refractivity contribution in [2.75, 3.05) is 26.8 Å². The van der Waals surface area contributed by atoms with Gasteiger partial charge in [-0.3, -0.25) is 4.79 Å². The lowest BCUT2D eigenvalue weighted by atomic mass is 10.2. The third-order valence-electron chi connectivity index (χ3n) is 3.65. The van der Waals surface area contributed by atoms with E-state index in [1.807, 2.05) is 0 Å². The van der Waals surface area contributed by atoms with Crippen LogP contribution < -0.4 is 15.4 Å². The number of sulfonamides is 1. The van der Waals surface area contributed by atoms with Crippen molar-refractivity contribution < 1.29 is 17.9 Å². The summed E-state index contributed by atoms with van der Waals surface area (Å²) in [6.07, 6.45) is 1.84. The molecule has 0 spiro atoms. The highest BCUT2D eigenvalue weighted by Crippen LogP contribution is 2.12. The summed E-state index contributed by atoms with van der Waals surface area (Å²) < 4.78 is 31.6. The molecule has 136 valence electrons. The fourth-order valence-corrected chi connectivity index (χ4v) is 3.49. The molecule has 1 aliphatic heterocycles. The Morgan fingerprint density at radius 3 is 2.88 bits per heavy atom. The highest BCUT2D eigenvalue weighted by Gasteiger charge is 2.21. The number of rotatable bonds is 8. The predicted octanol–water partition coefficient (Wildman–Crippen LogP) is 0.401. The SMILES string of the molecule is COCCNS(=O)(=O)c1cccc(CNC(=O)C2CCCN2)c1.Cl.